The van der Waals surface area contributed by atoms with Crippen LogP contribution in [-0.2, 0) is 0 Å². The summed E-state index contributed by atoms with van der Waals surface area (Å²) in [7, 11) is 0. The summed E-state index contributed by atoms with van der Waals surface area (Å²) in [4.78, 5) is 0. The number of nitrogen functional groups attached to an aromatic ring is 1. The normalized spacial score (nSPS) is 9.90. The van der Waals surface area contributed by atoms with Gasteiger partial charge in [0, 0.05) is 12.8 Å². The number of anilines is 1. The molecule has 2 N–H and O–H groups in total. The highest BCUT2D eigenvalue weighted by Crippen LogP contribution is 2.21. The molecule has 0 saturated heterocycles. The van der Waals surface area contributed by atoms with E-state index in [1.165, 1.54) is 7.14 Å². The predicted molar refractivity (Wildman–Crippen MR) is 61.0 cm³/mol. The first kappa shape index (κ1) is 8.58. The molecule has 0 saturated carbocycles. The van der Waals surface area contributed by atoms with Crippen LogP contribution >= 0.6 is 45.2 Å². The number of rotatable bonds is 0. The van der Waals surface area contributed by atoms with E-state index in [0.29, 0.717) is 0 Å². The van der Waals surface area contributed by atoms with Gasteiger partial charge in [0.2, 0.25) is 0 Å². The summed E-state index contributed by atoms with van der Waals surface area (Å²) >= 11 is 4.58. The van der Waals surface area contributed by atoms with Crippen molar-refractivity contribution in [1.29, 1.82) is 0 Å². The Morgan fingerprint density at radius 3 is 2.20 bits per heavy atom. The van der Waals surface area contributed by atoms with Crippen molar-refractivity contribution in [2.45, 2.75) is 6.92 Å². The molecule has 0 spiro atoms. The fourth-order valence-electron chi connectivity index (χ4n) is 0.662. The fourth-order valence-corrected chi connectivity index (χ4v) is 1.78. The number of hydrogen-bond acceptors (Lipinski definition) is 1. The first-order valence-corrected chi connectivity index (χ1v) is 4.98. The molecular weight excluding hydrogens is 352 g/mol. The second-order valence-electron chi connectivity index (χ2n) is 2.12. The molecule has 0 bridgehead atoms. The molecule has 1 aromatic carbocycles. The van der Waals surface area contributed by atoms with Gasteiger partial charge in [-0.05, 0) is 69.8 Å². The van der Waals surface area contributed by atoms with Gasteiger partial charge in [-0.1, -0.05) is 0 Å². The monoisotopic (exact) mass is 359 g/mol. The maximum atomic E-state index is 5.68. The van der Waals surface area contributed by atoms with Gasteiger partial charge in [0.15, 0.2) is 0 Å². The van der Waals surface area contributed by atoms with E-state index in [0.717, 1.165) is 11.3 Å². The van der Waals surface area contributed by atoms with Crippen LogP contribution in [0.15, 0.2) is 12.1 Å². The van der Waals surface area contributed by atoms with E-state index in [1.54, 1.807) is 0 Å². The summed E-state index contributed by atoms with van der Waals surface area (Å²) < 4.78 is 2.49. The average molecular weight is 359 g/mol. The Kier molecular flexibility index (Phi) is 2.79. The number of aryl methyl sites for hydroxylation is 1. The predicted octanol–water partition coefficient (Wildman–Crippen LogP) is 2.79. The molecule has 0 atom stereocenters. The van der Waals surface area contributed by atoms with Gasteiger partial charge in [0.05, 0.1) is 0 Å². The van der Waals surface area contributed by atoms with E-state index in [4.69, 9.17) is 5.73 Å². The topological polar surface area (TPSA) is 26.0 Å². The highest BCUT2D eigenvalue weighted by atomic mass is 127. The van der Waals surface area contributed by atoms with Crippen LogP contribution in [-0.4, -0.2) is 0 Å². The first-order valence-electron chi connectivity index (χ1n) is 2.82. The summed E-state index contributed by atoms with van der Waals surface area (Å²) in [6.07, 6.45) is 0. The van der Waals surface area contributed by atoms with E-state index in [-0.39, 0.29) is 0 Å². The third kappa shape index (κ3) is 1.75. The van der Waals surface area contributed by atoms with Gasteiger partial charge in [0.25, 0.3) is 0 Å². The van der Waals surface area contributed by atoms with Crippen LogP contribution in [0, 0.1) is 14.1 Å². The Labute approximate surface area is 87.7 Å². The zero-order valence-corrected chi connectivity index (χ0v) is 9.80. The second kappa shape index (κ2) is 3.25. The van der Waals surface area contributed by atoms with Crippen LogP contribution in [0.3, 0.4) is 0 Å². The third-order valence-electron chi connectivity index (χ3n) is 1.31. The Morgan fingerprint density at radius 2 is 1.70 bits per heavy atom. The molecule has 3 heteroatoms. The molecule has 0 unspecified atom stereocenters. The molecule has 1 nitrogen and oxygen atoms in total. The maximum absolute atomic E-state index is 5.68. The Morgan fingerprint density at radius 1 is 1.20 bits per heavy atom. The average Bonchev–Trinajstić information content (AvgIpc) is 1.84. The van der Waals surface area contributed by atoms with Crippen molar-refractivity contribution >= 4 is 50.9 Å². The fraction of sp³-hybridized carbons (Fsp3) is 0.143. The minimum absolute atomic E-state index is 0.879. The highest BCUT2D eigenvalue weighted by Gasteiger charge is 1.98. The zero-order valence-electron chi connectivity index (χ0n) is 5.49. The molecule has 0 amide bonds. The van der Waals surface area contributed by atoms with Crippen LogP contribution in [0.1, 0.15) is 5.56 Å². The van der Waals surface area contributed by atoms with Crippen molar-refractivity contribution in [3.63, 3.8) is 0 Å². The Hall–Kier alpha value is 0.480. The van der Waals surface area contributed by atoms with E-state index < -0.39 is 0 Å². The molecule has 0 aromatic heterocycles. The molecule has 0 radical (unpaired) electrons. The molecule has 1 rings (SSSR count). The molecule has 0 heterocycles. The van der Waals surface area contributed by atoms with Crippen molar-refractivity contribution in [1.82, 2.24) is 0 Å². The Bertz CT molecular complexity index is 208. The van der Waals surface area contributed by atoms with Crippen LogP contribution in [0.25, 0.3) is 0 Å². The standard InChI is InChI=1S/C7H7I2N/c1-4-2-5(8)6(9)3-7(4)10/h2-3H,10H2,1H3. The zero-order chi connectivity index (χ0) is 7.72. The molecule has 0 aliphatic heterocycles. The first-order chi connectivity index (χ1) is 4.61. The lowest BCUT2D eigenvalue weighted by Gasteiger charge is -2.01. The van der Waals surface area contributed by atoms with Crippen LogP contribution in [0.4, 0.5) is 5.69 Å². The van der Waals surface area contributed by atoms with E-state index in [2.05, 4.69) is 51.2 Å². The van der Waals surface area contributed by atoms with E-state index in [9.17, 15) is 0 Å². The summed E-state index contributed by atoms with van der Waals surface area (Å²) in [6, 6.07) is 4.09. The summed E-state index contributed by atoms with van der Waals surface area (Å²) in [6.45, 7) is 2.02. The number of nitrogens with two attached hydrogens (primary N) is 1. The summed E-state index contributed by atoms with van der Waals surface area (Å²) in [5.74, 6) is 0. The quantitative estimate of drug-likeness (QED) is 0.560. The molecular formula is C7H7I2N. The summed E-state index contributed by atoms with van der Waals surface area (Å²) in [5.41, 5.74) is 7.72. The van der Waals surface area contributed by atoms with Crippen LogP contribution < -0.4 is 5.73 Å². The van der Waals surface area contributed by atoms with E-state index in [1.807, 2.05) is 13.0 Å². The van der Waals surface area contributed by atoms with Crippen LogP contribution in [0.5, 0.6) is 0 Å². The smallest absolute Gasteiger partial charge is 0.0355 e. The van der Waals surface area contributed by atoms with Crippen molar-refractivity contribution in [2.24, 2.45) is 0 Å². The van der Waals surface area contributed by atoms with E-state index >= 15 is 0 Å². The lowest BCUT2D eigenvalue weighted by Crippen LogP contribution is -1.91. The molecule has 54 valence electrons. The SMILES string of the molecule is Cc1cc(I)c(I)cc1N. The molecule has 0 fully saturated rings. The van der Waals surface area contributed by atoms with Crippen molar-refractivity contribution in [2.75, 3.05) is 5.73 Å². The van der Waals surface area contributed by atoms with Gasteiger partial charge in [-0.15, -0.1) is 0 Å². The minimum Gasteiger partial charge on any atom is -0.398 e. The van der Waals surface area contributed by atoms with Crippen molar-refractivity contribution in [3.05, 3.63) is 24.8 Å². The Balaban J connectivity index is 3.28. The van der Waals surface area contributed by atoms with Gasteiger partial charge < -0.3 is 5.73 Å². The maximum Gasteiger partial charge on any atom is 0.0355 e. The molecule has 0 aliphatic rings. The molecule has 1 aromatic rings. The van der Waals surface area contributed by atoms with Crippen molar-refractivity contribution < 1.29 is 0 Å². The lowest BCUT2D eigenvalue weighted by atomic mass is 10.2. The summed E-state index contributed by atoms with van der Waals surface area (Å²) in [5, 5.41) is 0. The van der Waals surface area contributed by atoms with Gasteiger partial charge in [0.1, 0.15) is 0 Å². The third-order valence-corrected chi connectivity index (χ3v) is 4.13. The molecule has 10 heavy (non-hydrogen) atoms. The van der Waals surface area contributed by atoms with Gasteiger partial charge >= 0.3 is 0 Å². The largest absolute Gasteiger partial charge is 0.398 e. The van der Waals surface area contributed by atoms with Crippen molar-refractivity contribution in [3.8, 4) is 0 Å². The minimum atomic E-state index is 0.879. The number of halogens is 2. The van der Waals surface area contributed by atoms with Gasteiger partial charge in [-0.25, -0.2) is 0 Å². The van der Waals surface area contributed by atoms with Gasteiger partial charge in [-0.3, -0.25) is 0 Å². The molecule has 0 aliphatic carbocycles. The highest BCUT2D eigenvalue weighted by molar-refractivity contribution is 14.1. The van der Waals surface area contributed by atoms with Crippen LogP contribution in [0.2, 0.25) is 0 Å². The lowest BCUT2D eigenvalue weighted by molar-refractivity contribution is 1.43. The second-order valence-corrected chi connectivity index (χ2v) is 4.45. The number of benzene rings is 1. The van der Waals surface area contributed by atoms with Gasteiger partial charge in [-0.2, -0.15) is 0 Å². The number of hydrogen-bond donors (Lipinski definition) is 1.